The van der Waals surface area contributed by atoms with E-state index in [9.17, 15) is 27.2 Å². The minimum atomic E-state index is -1.35. The van der Waals surface area contributed by atoms with Crippen LogP contribution < -0.4 is 18.9 Å². The standard InChI is InChI=1S/C43H47F4NO6/c1-3-5-7-9-11-13-27-51-36-25-23-34(38(44)40(36)46)42(49)53-32-19-15-30(16-20-32)29-48-31-17-21-33(22-18-31)54-43(50)35-24-26-37(41(47)39(35)45)52-28-14-12-10-8-6-4-2/h15-26,29H,3-14,27-28H2,1-2H3. The zero-order valence-corrected chi connectivity index (χ0v) is 30.8. The molecular weight excluding hydrogens is 702 g/mol. The molecule has 0 radical (unpaired) electrons. The van der Waals surface area contributed by atoms with Gasteiger partial charge in [-0.25, -0.2) is 18.4 Å². The lowest BCUT2D eigenvalue weighted by atomic mass is 10.1. The third-order valence-electron chi connectivity index (χ3n) is 8.55. The van der Waals surface area contributed by atoms with Gasteiger partial charge in [0.15, 0.2) is 23.1 Å². The molecular formula is C43H47F4NO6. The fourth-order valence-corrected chi connectivity index (χ4v) is 5.43. The highest BCUT2D eigenvalue weighted by Gasteiger charge is 2.22. The number of benzene rings is 4. The maximum Gasteiger partial charge on any atom is 0.346 e. The molecule has 0 spiro atoms. The molecule has 0 bridgehead atoms. The number of hydrogen-bond acceptors (Lipinski definition) is 7. The third-order valence-corrected chi connectivity index (χ3v) is 8.55. The summed E-state index contributed by atoms with van der Waals surface area (Å²) in [7, 11) is 0. The first-order chi connectivity index (χ1) is 26.2. The van der Waals surface area contributed by atoms with Crippen LogP contribution in [0.5, 0.6) is 23.0 Å². The van der Waals surface area contributed by atoms with Crippen molar-refractivity contribution >= 4 is 23.8 Å². The third kappa shape index (κ3) is 12.7. The molecule has 4 aromatic carbocycles. The summed E-state index contributed by atoms with van der Waals surface area (Å²) < 4.78 is 79.9. The van der Waals surface area contributed by atoms with Crippen LogP contribution in [0.15, 0.2) is 77.8 Å². The predicted octanol–water partition coefficient (Wildman–Crippen LogP) is 11.9. The minimum absolute atomic E-state index is 0.0972. The summed E-state index contributed by atoms with van der Waals surface area (Å²) in [4.78, 5) is 29.6. The van der Waals surface area contributed by atoms with Crippen molar-refractivity contribution in [3.05, 3.63) is 113 Å². The van der Waals surface area contributed by atoms with E-state index in [2.05, 4.69) is 18.8 Å². The Morgan fingerprint density at radius 3 is 1.37 bits per heavy atom. The lowest BCUT2D eigenvalue weighted by Gasteiger charge is -2.10. The van der Waals surface area contributed by atoms with Crippen molar-refractivity contribution in [3.63, 3.8) is 0 Å². The molecule has 0 heterocycles. The van der Waals surface area contributed by atoms with Crippen LogP contribution in [0.2, 0.25) is 0 Å². The number of rotatable bonds is 22. The Kier molecular flexibility index (Phi) is 17.0. The number of esters is 2. The average Bonchev–Trinajstić information content (AvgIpc) is 3.17. The summed E-state index contributed by atoms with van der Waals surface area (Å²) in [6, 6.07) is 16.9. The Hall–Kier alpha value is -5.19. The Morgan fingerprint density at radius 1 is 0.519 bits per heavy atom. The van der Waals surface area contributed by atoms with Gasteiger partial charge < -0.3 is 18.9 Å². The number of hydrogen-bond donors (Lipinski definition) is 0. The lowest BCUT2D eigenvalue weighted by molar-refractivity contribution is 0.0718. The molecule has 0 aromatic heterocycles. The van der Waals surface area contributed by atoms with E-state index in [-0.39, 0.29) is 36.2 Å². The van der Waals surface area contributed by atoms with E-state index >= 15 is 0 Å². The zero-order valence-electron chi connectivity index (χ0n) is 30.8. The first kappa shape index (κ1) is 41.6. The molecule has 0 amide bonds. The summed E-state index contributed by atoms with van der Waals surface area (Å²) in [6.07, 6.45) is 13.8. The quantitative estimate of drug-likeness (QED) is 0.0261. The SMILES string of the molecule is CCCCCCCCOc1ccc(C(=O)Oc2ccc(C=Nc3ccc(OC(=O)c4ccc(OCCCCCCCC)c(F)c4F)cc3)cc2)c(F)c1F. The maximum atomic E-state index is 14.7. The van der Waals surface area contributed by atoms with Crippen LogP contribution in [0.25, 0.3) is 0 Å². The molecule has 0 fully saturated rings. The molecule has 0 aliphatic rings. The van der Waals surface area contributed by atoms with Crippen LogP contribution in [0.3, 0.4) is 0 Å². The molecule has 7 nitrogen and oxygen atoms in total. The highest BCUT2D eigenvalue weighted by molar-refractivity contribution is 5.92. The second-order valence-electron chi connectivity index (χ2n) is 12.8. The summed E-state index contributed by atoms with van der Waals surface area (Å²) >= 11 is 0. The van der Waals surface area contributed by atoms with Crippen molar-refractivity contribution in [1.29, 1.82) is 0 Å². The zero-order chi connectivity index (χ0) is 38.7. The van der Waals surface area contributed by atoms with Crippen molar-refractivity contribution in [2.45, 2.75) is 90.9 Å². The van der Waals surface area contributed by atoms with E-state index in [1.165, 1.54) is 55.5 Å². The fraction of sp³-hybridized carbons (Fsp3) is 0.372. The van der Waals surface area contributed by atoms with Gasteiger partial charge in [0.05, 0.1) is 30.0 Å². The Balaban J connectivity index is 1.24. The lowest BCUT2D eigenvalue weighted by Crippen LogP contribution is -2.12. The predicted molar refractivity (Wildman–Crippen MR) is 201 cm³/mol. The second-order valence-corrected chi connectivity index (χ2v) is 12.8. The molecule has 0 unspecified atom stereocenters. The number of halogens is 4. The van der Waals surface area contributed by atoms with Gasteiger partial charge >= 0.3 is 11.9 Å². The van der Waals surface area contributed by atoms with Gasteiger partial charge in [0, 0.05) is 6.21 Å². The summed E-state index contributed by atoms with van der Waals surface area (Å²) in [5.41, 5.74) is 0.00480. The summed E-state index contributed by atoms with van der Waals surface area (Å²) in [5.74, 6) is -7.61. The highest BCUT2D eigenvalue weighted by atomic mass is 19.2. The van der Waals surface area contributed by atoms with Crippen molar-refractivity contribution in [1.82, 2.24) is 0 Å². The van der Waals surface area contributed by atoms with Gasteiger partial charge in [-0.1, -0.05) is 78.1 Å². The molecule has 0 aliphatic heterocycles. The average molecular weight is 750 g/mol. The Bertz CT molecular complexity index is 1700. The van der Waals surface area contributed by atoms with Crippen molar-refractivity contribution in [2.75, 3.05) is 13.2 Å². The Morgan fingerprint density at radius 2 is 0.926 bits per heavy atom. The molecule has 4 rings (SSSR count). The van der Waals surface area contributed by atoms with Gasteiger partial charge in [0.2, 0.25) is 11.6 Å². The number of unbranched alkanes of at least 4 members (excludes halogenated alkanes) is 10. The monoisotopic (exact) mass is 749 g/mol. The number of aliphatic imine (C=N–C) groups is 1. The van der Waals surface area contributed by atoms with Crippen LogP contribution in [-0.2, 0) is 0 Å². The molecule has 0 saturated heterocycles. The topological polar surface area (TPSA) is 83.4 Å². The van der Waals surface area contributed by atoms with E-state index in [1.807, 2.05) is 0 Å². The van der Waals surface area contributed by atoms with Crippen molar-refractivity contribution < 1.29 is 46.1 Å². The molecule has 11 heteroatoms. The highest BCUT2D eigenvalue weighted by Crippen LogP contribution is 2.27. The van der Waals surface area contributed by atoms with Gasteiger partial charge in [0.1, 0.15) is 11.5 Å². The molecule has 4 aromatic rings. The first-order valence-electron chi connectivity index (χ1n) is 18.6. The van der Waals surface area contributed by atoms with E-state index in [1.54, 1.807) is 24.3 Å². The van der Waals surface area contributed by atoms with Gasteiger partial charge in [0.25, 0.3) is 0 Å². The molecule has 54 heavy (non-hydrogen) atoms. The molecule has 0 saturated carbocycles. The largest absolute Gasteiger partial charge is 0.490 e. The van der Waals surface area contributed by atoms with E-state index < -0.39 is 46.3 Å². The van der Waals surface area contributed by atoms with Crippen LogP contribution in [0, 0.1) is 23.3 Å². The van der Waals surface area contributed by atoms with Gasteiger partial charge in [-0.15, -0.1) is 0 Å². The number of carbonyl (C=O) groups is 2. The number of nitrogens with zero attached hydrogens (tertiary/aromatic N) is 1. The van der Waals surface area contributed by atoms with E-state index in [0.29, 0.717) is 11.3 Å². The molecule has 0 N–H and O–H groups in total. The number of carbonyl (C=O) groups excluding carboxylic acids is 2. The Labute approximate surface area is 314 Å². The van der Waals surface area contributed by atoms with Gasteiger partial charge in [-0.2, -0.15) is 8.78 Å². The van der Waals surface area contributed by atoms with Crippen LogP contribution in [0.1, 0.15) is 117 Å². The van der Waals surface area contributed by atoms with E-state index in [4.69, 9.17) is 18.9 Å². The second kappa shape index (κ2) is 22.1. The normalized spacial score (nSPS) is 11.1. The number of ether oxygens (including phenoxy) is 4. The van der Waals surface area contributed by atoms with Gasteiger partial charge in [-0.3, -0.25) is 4.99 Å². The first-order valence-corrected chi connectivity index (χ1v) is 18.6. The van der Waals surface area contributed by atoms with Crippen molar-refractivity contribution in [3.8, 4) is 23.0 Å². The molecule has 0 atom stereocenters. The van der Waals surface area contributed by atoms with E-state index in [0.717, 1.165) is 76.3 Å². The summed E-state index contributed by atoms with van der Waals surface area (Å²) in [6.45, 7) is 4.77. The van der Waals surface area contributed by atoms with Crippen LogP contribution in [0.4, 0.5) is 23.2 Å². The molecule has 288 valence electrons. The van der Waals surface area contributed by atoms with Gasteiger partial charge in [-0.05, 0) is 91.2 Å². The minimum Gasteiger partial charge on any atom is -0.490 e. The smallest absolute Gasteiger partial charge is 0.346 e. The fourth-order valence-electron chi connectivity index (χ4n) is 5.43. The maximum absolute atomic E-state index is 14.7. The molecule has 0 aliphatic carbocycles. The van der Waals surface area contributed by atoms with Crippen LogP contribution >= 0.6 is 0 Å². The van der Waals surface area contributed by atoms with Crippen molar-refractivity contribution in [2.24, 2.45) is 4.99 Å². The van der Waals surface area contributed by atoms with Crippen LogP contribution in [-0.4, -0.2) is 31.4 Å². The summed E-state index contributed by atoms with van der Waals surface area (Å²) in [5, 5.41) is 0.